The quantitative estimate of drug-likeness (QED) is 0.392. The van der Waals surface area contributed by atoms with E-state index in [4.69, 9.17) is 4.74 Å². The van der Waals surface area contributed by atoms with Gasteiger partial charge in [-0.15, -0.1) is 0 Å². The van der Waals surface area contributed by atoms with E-state index in [0.29, 0.717) is 25.4 Å². The zero-order valence-corrected chi connectivity index (χ0v) is 15.0. The van der Waals surface area contributed by atoms with Gasteiger partial charge in [-0.25, -0.2) is 0 Å². The van der Waals surface area contributed by atoms with Gasteiger partial charge in [-0.3, -0.25) is 4.99 Å². The number of phenolic OH excluding ortho intramolecular Hbond substituents is 1. The highest BCUT2D eigenvalue weighted by atomic mass is 16.5. The van der Waals surface area contributed by atoms with Crippen molar-refractivity contribution in [1.82, 2.24) is 10.6 Å². The standard InChI is InChI=1S/C20H27N3O2/c1-3-21-20(22-12-11-17-5-4-6-18(24)15-17)23-13-14-25-19-9-7-16(2)8-10-19/h4-10,15,24H,3,11-14H2,1-2H3,(H2,21,22,23). The van der Waals surface area contributed by atoms with Crippen molar-refractivity contribution in [3.63, 3.8) is 0 Å². The van der Waals surface area contributed by atoms with Gasteiger partial charge in [0.2, 0.25) is 0 Å². The monoisotopic (exact) mass is 341 g/mol. The summed E-state index contributed by atoms with van der Waals surface area (Å²) in [5.74, 6) is 1.94. The zero-order valence-electron chi connectivity index (χ0n) is 15.0. The molecule has 0 bridgehead atoms. The maximum absolute atomic E-state index is 9.48. The van der Waals surface area contributed by atoms with Gasteiger partial charge in [0.15, 0.2) is 5.96 Å². The predicted molar refractivity (Wildman–Crippen MR) is 102 cm³/mol. The molecule has 2 rings (SSSR count). The highest BCUT2D eigenvalue weighted by Gasteiger charge is 1.99. The van der Waals surface area contributed by atoms with Crippen molar-refractivity contribution < 1.29 is 9.84 Å². The van der Waals surface area contributed by atoms with Crippen LogP contribution in [-0.4, -0.2) is 37.3 Å². The fourth-order valence-electron chi connectivity index (χ4n) is 2.32. The van der Waals surface area contributed by atoms with Crippen LogP contribution >= 0.6 is 0 Å². The number of aryl methyl sites for hydroxylation is 1. The first-order chi connectivity index (χ1) is 12.2. The number of nitrogens with one attached hydrogen (secondary N) is 2. The number of hydrogen-bond acceptors (Lipinski definition) is 3. The molecule has 3 N–H and O–H groups in total. The second-order valence-corrected chi connectivity index (χ2v) is 5.77. The lowest BCUT2D eigenvalue weighted by Crippen LogP contribution is -2.39. The highest BCUT2D eigenvalue weighted by molar-refractivity contribution is 5.79. The Hall–Kier alpha value is -2.69. The van der Waals surface area contributed by atoms with Gasteiger partial charge in [0, 0.05) is 13.1 Å². The van der Waals surface area contributed by atoms with Crippen LogP contribution in [0.25, 0.3) is 0 Å². The fraction of sp³-hybridized carbons (Fsp3) is 0.350. The van der Waals surface area contributed by atoms with Crippen LogP contribution in [0, 0.1) is 6.92 Å². The van der Waals surface area contributed by atoms with Crippen molar-refractivity contribution in [2.75, 3.05) is 26.2 Å². The van der Waals surface area contributed by atoms with Gasteiger partial charge in [-0.2, -0.15) is 0 Å². The minimum Gasteiger partial charge on any atom is -0.508 e. The molecular weight excluding hydrogens is 314 g/mol. The summed E-state index contributed by atoms with van der Waals surface area (Å²) in [4.78, 5) is 4.55. The maximum atomic E-state index is 9.48. The first kappa shape index (κ1) is 18.6. The van der Waals surface area contributed by atoms with Gasteiger partial charge in [0.25, 0.3) is 0 Å². The number of benzene rings is 2. The molecule has 0 saturated heterocycles. The lowest BCUT2D eigenvalue weighted by molar-refractivity contribution is 0.322. The van der Waals surface area contributed by atoms with Crippen LogP contribution in [0.15, 0.2) is 53.5 Å². The molecule has 0 fully saturated rings. The number of nitrogens with zero attached hydrogens (tertiary/aromatic N) is 1. The number of ether oxygens (including phenoxy) is 1. The van der Waals surface area contributed by atoms with E-state index < -0.39 is 0 Å². The summed E-state index contributed by atoms with van der Waals surface area (Å²) in [6.07, 6.45) is 0.783. The summed E-state index contributed by atoms with van der Waals surface area (Å²) in [5.41, 5.74) is 2.29. The Morgan fingerprint density at radius 1 is 1.12 bits per heavy atom. The molecule has 0 amide bonds. The third-order valence-electron chi connectivity index (χ3n) is 3.61. The Labute approximate surface area is 149 Å². The minimum absolute atomic E-state index is 0.291. The molecule has 0 aliphatic heterocycles. The Morgan fingerprint density at radius 2 is 1.92 bits per heavy atom. The van der Waals surface area contributed by atoms with Gasteiger partial charge in [0.05, 0.1) is 6.54 Å². The van der Waals surface area contributed by atoms with Crippen LogP contribution in [0.5, 0.6) is 11.5 Å². The molecule has 0 atom stereocenters. The fourth-order valence-corrected chi connectivity index (χ4v) is 2.32. The topological polar surface area (TPSA) is 65.9 Å². The van der Waals surface area contributed by atoms with Crippen LogP contribution in [0.2, 0.25) is 0 Å². The summed E-state index contributed by atoms with van der Waals surface area (Å²) in [6.45, 7) is 6.79. The average molecular weight is 341 g/mol. The zero-order chi connectivity index (χ0) is 17.9. The molecule has 0 aliphatic rings. The SMILES string of the molecule is CCNC(=NCCc1cccc(O)c1)NCCOc1ccc(C)cc1. The largest absolute Gasteiger partial charge is 0.508 e. The highest BCUT2D eigenvalue weighted by Crippen LogP contribution is 2.11. The van der Waals surface area contributed by atoms with Gasteiger partial charge < -0.3 is 20.5 Å². The molecule has 134 valence electrons. The Bertz CT molecular complexity index is 669. The van der Waals surface area contributed by atoms with Crippen molar-refractivity contribution in [2.24, 2.45) is 4.99 Å². The van der Waals surface area contributed by atoms with Gasteiger partial charge in [-0.05, 0) is 50.1 Å². The first-order valence-corrected chi connectivity index (χ1v) is 8.67. The van der Waals surface area contributed by atoms with Gasteiger partial charge in [-0.1, -0.05) is 29.8 Å². The van der Waals surface area contributed by atoms with Crippen molar-refractivity contribution >= 4 is 5.96 Å². The lowest BCUT2D eigenvalue weighted by atomic mass is 10.1. The van der Waals surface area contributed by atoms with Gasteiger partial charge in [0.1, 0.15) is 18.1 Å². The first-order valence-electron chi connectivity index (χ1n) is 8.67. The van der Waals surface area contributed by atoms with Crippen molar-refractivity contribution in [3.8, 4) is 11.5 Å². The Balaban J connectivity index is 1.74. The molecule has 25 heavy (non-hydrogen) atoms. The second-order valence-electron chi connectivity index (χ2n) is 5.77. The Morgan fingerprint density at radius 3 is 2.64 bits per heavy atom. The summed E-state index contributed by atoms with van der Waals surface area (Å²) in [6, 6.07) is 15.3. The van der Waals surface area contributed by atoms with Crippen LogP contribution in [-0.2, 0) is 6.42 Å². The van der Waals surface area contributed by atoms with E-state index in [0.717, 1.165) is 30.2 Å². The number of phenols is 1. The molecule has 2 aromatic rings. The van der Waals surface area contributed by atoms with Crippen LogP contribution in [0.3, 0.4) is 0 Å². The molecule has 0 unspecified atom stereocenters. The molecule has 0 aliphatic carbocycles. The number of guanidine groups is 1. The van der Waals surface area contributed by atoms with Gasteiger partial charge >= 0.3 is 0 Å². The van der Waals surface area contributed by atoms with E-state index >= 15 is 0 Å². The summed E-state index contributed by atoms with van der Waals surface area (Å²) >= 11 is 0. The lowest BCUT2D eigenvalue weighted by Gasteiger charge is -2.12. The molecule has 0 saturated carbocycles. The van der Waals surface area contributed by atoms with E-state index in [1.807, 2.05) is 43.3 Å². The number of hydrogen-bond donors (Lipinski definition) is 3. The molecule has 0 heterocycles. The predicted octanol–water partition coefficient (Wildman–Crippen LogP) is 2.88. The van der Waals surface area contributed by atoms with Crippen molar-refractivity contribution in [1.29, 1.82) is 0 Å². The van der Waals surface area contributed by atoms with Crippen LogP contribution in [0.4, 0.5) is 0 Å². The Kier molecular flexibility index (Phi) is 7.63. The molecule has 0 aromatic heterocycles. The number of aromatic hydroxyl groups is 1. The molecule has 5 nitrogen and oxygen atoms in total. The van der Waals surface area contributed by atoms with Crippen molar-refractivity contribution in [3.05, 3.63) is 59.7 Å². The van der Waals surface area contributed by atoms with Crippen LogP contribution < -0.4 is 15.4 Å². The average Bonchev–Trinajstić information content (AvgIpc) is 2.60. The third-order valence-corrected chi connectivity index (χ3v) is 3.61. The summed E-state index contributed by atoms with van der Waals surface area (Å²) < 4.78 is 5.70. The number of rotatable bonds is 8. The normalized spacial score (nSPS) is 11.2. The van der Waals surface area contributed by atoms with E-state index in [1.54, 1.807) is 12.1 Å². The molecule has 0 spiro atoms. The maximum Gasteiger partial charge on any atom is 0.191 e. The minimum atomic E-state index is 0.291. The molecular formula is C20H27N3O2. The third kappa shape index (κ3) is 7.16. The van der Waals surface area contributed by atoms with E-state index in [9.17, 15) is 5.11 Å². The molecule has 5 heteroatoms. The molecule has 2 aromatic carbocycles. The van der Waals surface area contributed by atoms with E-state index in [1.165, 1.54) is 5.56 Å². The smallest absolute Gasteiger partial charge is 0.191 e. The van der Waals surface area contributed by atoms with E-state index in [-0.39, 0.29) is 0 Å². The number of aliphatic imine (C=N–C) groups is 1. The second kappa shape index (κ2) is 10.2. The van der Waals surface area contributed by atoms with Crippen LogP contribution in [0.1, 0.15) is 18.1 Å². The summed E-state index contributed by atoms with van der Waals surface area (Å²) in [7, 11) is 0. The summed E-state index contributed by atoms with van der Waals surface area (Å²) in [5, 5.41) is 16.0. The molecule has 0 radical (unpaired) electrons. The van der Waals surface area contributed by atoms with Crippen molar-refractivity contribution in [2.45, 2.75) is 20.3 Å². The van der Waals surface area contributed by atoms with E-state index in [2.05, 4.69) is 22.5 Å².